The maximum Gasteiger partial charge on any atom is 0.191 e. The van der Waals surface area contributed by atoms with E-state index in [1.807, 2.05) is 6.20 Å². The first-order chi connectivity index (χ1) is 12.3. The molecule has 0 saturated carbocycles. The summed E-state index contributed by atoms with van der Waals surface area (Å²) in [5, 5.41) is 7.85. The summed E-state index contributed by atoms with van der Waals surface area (Å²) in [4.78, 5) is 9.93. The normalized spacial score (nSPS) is 12.2. The van der Waals surface area contributed by atoms with Crippen LogP contribution in [0.4, 0.5) is 0 Å². The van der Waals surface area contributed by atoms with Crippen LogP contribution in [0.15, 0.2) is 29.4 Å². The van der Waals surface area contributed by atoms with E-state index in [1.54, 1.807) is 18.4 Å². The molecule has 0 amide bonds. The molecule has 0 saturated heterocycles. The van der Waals surface area contributed by atoms with Crippen LogP contribution in [0.5, 0.6) is 5.75 Å². The molecule has 26 heavy (non-hydrogen) atoms. The van der Waals surface area contributed by atoms with E-state index in [2.05, 4.69) is 73.4 Å². The second-order valence-corrected chi connectivity index (χ2v) is 8.61. The van der Waals surface area contributed by atoms with E-state index in [0.29, 0.717) is 6.54 Å². The maximum atomic E-state index is 6.11. The average molecular weight is 375 g/mol. The smallest absolute Gasteiger partial charge is 0.191 e. The molecule has 6 heteroatoms. The summed E-state index contributed by atoms with van der Waals surface area (Å²) in [5.74, 6) is 1.69. The Kier molecular flexibility index (Phi) is 7.03. The minimum absolute atomic E-state index is 0.228. The number of benzene rings is 1. The van der Waals surface area contributed by atoms with Gasteiger partial charge in [0, 0.05) is 43.2 Å². The number of aliphatic imine (C=N–C) groups is 1. The molecule has 1 heterocycles. The van der Waals surface area contributed by atoms with Crippen molar-refractivity contribution < 1.29 is 4.74 Å². The first-order valence-corrected chi connectivity index (χ1v) is 9.73. The van der Waals surface area contributed by atoms with Crippen LogP contribution in [0, 0.1) is 13.8 Å². The highest BCUT2D eigenvalue weighted by Crippen LogP contribution is 2.24. The fourth-order valence-electron chi connectivity index (χ4n) is 2.44. The zero-order valence-corrected chi connectivity index (χ0v) is 17.5. The van der Waals surface area contributed by atoms with Gasteiger partial charge in [0.15, 0.2) is 5.96 Å². The van der Waals surface area contributed by atoms with Crippen LogP contribution in [-0.2, 0) is 13.0 Å². The number of aryl methyl sites for hydroxylation is 2. The maximum absolute atomic E-state index is 6.11. The molecular weight excluding hydrogens is 344 g/mol. The number of ether oxygens (including phenoxy) is 1. The number of nitrogens with zero attached hydrogens (tertiary/aromatic N) is 2. The van der Waals surface area contributed by atoms with Crippen molar-refractivity contribution in [3.8, 4) is 5.75 Å². The SMILES string of the molecule is CN=C(NCCc1ncc(C)s1)NCc1ccc(C)cc1OC(C)(C)C. The highest BCUT2D eigenvalue weighted by molar-refractivity contribution is 7.11. The van der Waals surface area contributed by atoms with Gasteiger partial charge >= 0.3 is 0 Å². The molecule has 2 N–H and O–H groups in total. The van der Waals surface area contributed by atoms with Crippen LogP contribution < -0.4 is 15.4 Å². The summed E-state index contributed by atoms with van der Waals surface area (Å²) in [7, 11) is 1.78. The van der Waals surface area contributed by atoms with Crippen LogP contribution >= 0.6 is 11.3 Å². The quantitative estimate of drug-likeness (QED) is 0.596. The summed E-state index contributed by atoms with van der Waals surface area (Å²) >= 11 is 1.74. The fraction of sp³-hybridized carbons (Fsp3) is 0.500. The molecule has 142 valence electrons. The molecule has 1 aromatic heterocycles. The standard InChI is InChI=1S/C20H30N4OS/c1-14-7-8-16(17(11-14)25-20(3,4)5)13-24-19(21-6)22-10-9-18-23-12-15(2)26-18/h7-8,11-12H,9-10,13H2,1-6H3,(H2,21,22,24). The Hall–Kier alpha value is -2.08. The minimum Gasteiger partial charge on any atom is -0.488 e. The number of nitrogens with one attached hydrogen (secondary N) is 2. The van der Waals surface area contributed by atoms with E-state index < -0.39 is 0 Å². The Balaban J connectivity index is 1.91. The van der Waals surface area contributed by atoms with E-state index in [9.17, 15) is 0 Å². The molecule has 0 unspecified atom stereocenters. The molecule has 0 radical (unpaired) electrons. The molecule has 0 atom stereocenters. The summed E-state index contributed by atoms with van der Waals surface area (Å²) in [6, 6.07) is 6.30. The zero-order chi connectivity index (χ0) is 19.2. The number of guanidine groups is 1. The van der Waals surface area contributed by atoms with Crippen LogP contribution in [0.3, 0.4) is 0 Å². The predicted octanol–water partition coefficient (Wildman–Crippen LogP) is 3.84. The molecule has 0 bridgehead atoms. The third kappa shape index (κ3) is 6.67. The predicted molar refractivity (Wildman–Crippen MR) is 110 cm³/mol. The van der Waals surface area contributed by atoms with Gasteiger partial charge in [-0.05, 0) is 46.2 Å². The van der Waals surface area contributed by atoms with Crippen LogP contribution in [0.25, 0.3) is 0 Å². The highest BCUT2D eigenvalue weighted by Gasteiger charge is 2.15. The third-order valence-electron chi connectivity index (χ3n) is 3.61. The topological polar surface area (TPSA) is 58.5 Å². The van der Waals surface area contributed by atoms with Gasteiger partial charge in [-0.25, -0.2) is 4.98 Å². The van der Waals surface area contributed by atoms with E-state index in [-0.39, 0.29) is 5.60 Å². The van der Waals surface area contributed by atoms with E-state index in [4.69, 9.17) is 4.74 Å². The molecule has 0 spiro atoms. The lowest BCUT2D eigenvalue weighted by atomic mass is 10.1. The minimum atomic E-state index is -0.228. The van der Waals surface area contributed by atoms with Gasteiger partial charge in [-0.15, -0.1) is 11.3 Å². The van der Waals surface area contributed by atoms with Crippen molar-refractivity contribution in [3.05, 3.63) is 45.4 Å². The van der Waals surface area contributed by atoms with Gasteiger partial charge in [0.25, 0.3) is 0 Å². The summed E-state index contributed by atoms with van der Waals surface area (Å²) in [5.41, 5.74) is 2.08. The van der Waals surface area contributed by atoms with Gasteiger partial charge in [-0.2, -0.15) is 0 Å². The Morgan fingerprint density at radius 1 is 1.23 bits per heavy atom. The first kappa shape index (κ1) is 20.2. The van der Waals surface area contributed by atoms with Crippen molar-refractivity contribution in [2.24, 2.45) is 4.99 Å². The molecule has 2 rings (SSSR count). The lowest BCUT2D eigenvalue weighted by Gasteiger charge is -2.24. The molecule has 5 nitrogen and oxygen atoms in total. The molecule has 0 aliphatic rings. The molecule has 0 aliphatic heterocycles. The second-order valence-electron chi connectivity index (χ2n) is 7.29. The Morgan fingerprint density at radius 2 is 2.00 bits per heavy atom. The van der Waals surface area contributed by atoms with Gasteiger partial charge in [-0.1, -0.05) is 12.1 Å². The molecule has 1 aromatic carbocycles. The molecule has 0 fully saturated rings. The van der Waals surface area contributed by atoms with Crippen molar-refractivity contribution in [3.63, 3.8) is 0 Å². The van der Waals surface area contributed by atoms with Gasteiger partial charge < -0.3 is 15.4 Å². The van der Waals surface area contributed by atoms with Crippen molar-refractivity contribution >= 4 is 17.3 Å². The number of hydrogen-bond acceptors (Lipinski definition) is 4. The van der Waals surface area contributed by atoms with Gasteiger partial charge in [-0.3, -0.25) is 4.99 Å². The Bertz CT molecular complexity index is 747. The Labute approximate surface area is 160 Å². The first-order valence-electron chi connectivity index (χ1n) is 8.91. The number of rotatable bonds is 6. The average Bonchev–Trinajstić information content (AvgIpc) is 2.96. The number of thiazole rings is 1. The monoisotopic (exact) mass is 374 g/mol. The van der Waals surface area contributed by atoms with E-state index >= 15 is 0 Å². The molecule has 2 aromatic rings. The van der Waals surface area contributed by atoms with Crippen molar-refractivity contribution in [2.45, 2.75) is 53.2 Å². The Morgan fingerprint density at radius 3 is 2.62 bits per heavy atom. The molecular formula is C20H30N4OS. The third-order valence-corrected chi connectivity index (χ3v) is 4.58. The van der Waals surface area contributed by atoms with Crippen molar-refractivity contribution in [1.82, 2.24) is 15.6 Å². The lowest BCUT2D eigenvalue weighted by molar-refractivity contribution is 0.129. The summed E-state index contributed by atoms with van der Waals surface area (Å²) in [6.07, 6.45) is 2.81. The van der Waals surface area contributed by atoms with Gasteiger partial charge in [0.05, 0.1) is 5.01 Å². The largest absolute Gasteiger partial charge is 0.488 e. The van der Waals surface area contributed by atoms with E-state index in [1.165, 1.54) is 10.4 Å². The van der Waals surface area contributed by atoms with Crippen LogP contribution in [0.1, 0.15) is 41.8 Å². The number of hydrogen-bond donors (Lipinski definition) is 2. The van der Waals surface area contributed by atoms with Gasteiger partial charge in [0.2, 0.25) is 0 Å². The molecule has 0 aliphatic carbocycles. The fourth-order valence-corrected chi connectivity index (χ4v) is 3.22. The van der Waals surface area contributed by atoms with Crippen LogP contribution in [-0.4, -0.2) is 30.1 Å². The van der Waals surface area contributed by atoms with Crippen molar-refractivity contribution in [1.29, 1.82) is 0 Å². The van der Waals surface area contributed by atoms with Crippen LogP contribution in [0.2, 0.25) is 0 Å². The lowest BCUT2D eigenvalue weighted by Crippen LogP contribution is -2.38. The van der Waals surface area contributed by atoms with Crippen molar-refractivity contribution in [2.75, 3.05) is 13.6 Å². The second kappa shape index (κ2) is 9.03. The summed E-state index contributed by atoms with van der Waals surface area (Å²) in [6.45, 7) is 11.8. The number of aromatic nitrogens is 1. The zero-order valence-electron chi connectivity index (χ0n) is 16.6. The van der Waals surface area contributed by atoms with Gasteiger partial charge in [0.1, 0.15) is 11.4 Å². The highest BCUT2D eigenvalue weighted by atomic mass is 32.1. The van der Waals surface area contributed by atoms with E-state index in [0.717, 1.165) is 35.2 Å². The summed E-state index contributed by atoms with van der Waals surface area (Å²) < 4.78 is 6.11.